The average Bonchev–Trinajstić information content (AvgIpc) is 3.72. The number of aromatic nitrogens is 8. The quantitative estimate of drug-likeness (QED) is 0.158. The van der Waals surface area contributed by atoms with Crippen molar-refractivity contribution in [3.63, 3.8) is 0 Å². The number of rotatable bonds is 0. The number of nitrogens with zero attached hydrogens (tertiary/aromatic N) is 6. The van der Waals surface area contributed by atoms with Crippen LogP contribution < -0.4 is 0 Å². The second-order valence-corrected chi connectivity index (χ2v) is 14.2. The van der Waals surface area contributed by atoms with E-state index in [1.807, 2.05) is 0 Å². The summed E-state index contributed by atoms with van der Waals surface area (Å²) in [7, 11) is 0. The molecule has 0 fully saturated rings. The van der Waals surface area contributed by atoms with Crippen LogP contribution in [0, 0.1) is 0 Å². The molecule has 0 saturated carbocycles. The molecule has 0 radical (unpaired) electrons. The zero-order chi connectivity index (χ0) is 33.2. The lowest BCUT2D eigenvalue weighted by Crippen LogP contribution is -1.87. The largest absolute Gasteiger partial charge is 0.325 e. The SMILES string of the molecule is Clc1cc(Cl)c2c(c1)-c1nc-2nc2nc(nc3[nH]c([nH]c4nc(n1)-c1c(Cl)cc(Cl)cc1-4)c1c(Cl)cc(Cl)cc31)-c1c(Cl)cc(Cl)cc1-2. The van der Waals surface area contributed by atoms with Gasteiger partial charge in [0.2, 0.25) is 0 Å². The van der Waals surface area contributed by atoms with Crippen LogP contribution in [0.1, 0.15) is 0 Å². The van der Waals surface area contributed by atoms with Gasteiger partial charge in [0.1, 0.15) is 17.1 Å². The molecule has 0 saturated heterocycles. The van der Waals surface area contributed by atoms with Gasteiger partial charge in [0.15, 0.2) is 29.1 Å². The molecule has 9 rings (SSSR count). The van der Waals surface area contributed by atoms with Crippen LogP contribution in [0.5, 0.6) is 0 Å². The molecule has 0 atom stereocenters. The Kier molecular flexibility index (Phi) is 7.04. The molecule has 2 aromatic heterocycles. The van der Waals surface area contributed by atoms with E-state index >= 15 is 0 Å². The van der Waals surface area contributed by atoms with Crippen LogP contribution in [0.25, 0.3) is 90.4 Å². The van der Waals surface area contributed by atoms with E-state index in [1.54, 1.807) is 48.5 Å². The summed E-state index contributed by atoms with van der Waals surface area (Å²) in [6.07, 6.45) is 0. The monoisotopic (exact) mass is 786 g/mol. The average molecular weight is 790 g/mol. The van der Waals surface area contributed by atoms with Gasteiger partial charge in [0.05, 0.1) is 20.1 Å². The number of fused-ring (bicyclic) bond motifs is 20. The molecule has 0 unspecified atom stereocenters. The highest BCUT2D eigenvalue weighted by Gasteiger charge is 2.29. The highest BCUT2D eigenvalue weighted by molar-refractivity contribution is 6.41. The first-order valence-electron chi connectivity index (χ1n) is 13.8. The Hall–Kier alpha value is -3.44. The van der Waals surface area contributed by atoms with E-state index in [0.717, 1.165) is 0 Å². The van der Waals surface area contributed by atoms with E-state index in [4.69, 9.17) is 123 Å². The highest BCUT2D eigenvalue weighted by Crippen LogP contribution is 2.46. The molecule has 234 valence electrons. The third-order valence-electron chi connectivity index (χ3n) is 7.90. The van der Waals surface area contributed by atoms with E-state index in [-0.39, 0.29) is 29.1 Å². The van der Waals surface area contributed by atoms with Gasteiger partial charge in [-0.05, 0) is 48.5 Å². The molecule has 8 nitrogen and oxygen atoms in total. The maximum atomic E-state index is 6.79. The van der Waals surface area contributed by atoms with E-state index < -0.39 is 0 Å². The fourth-order valence-electron chi connectivity index (χ4n) is 5.97. The number of nitrogens with one attached hydrogen (secondary N) is 2. The second kappa shape index (κ2) is 11.0. The molecule has 8 bridgehead atoms. The summed E-state index contributed by atoms with van der Waals surface area (Å²) in [6.45, 7) is 0. The third-order valence-corrected chi connectivity index (χ3v) is 9.97. The van der Waals surface area contributed by atoms with Crippen molar-refractivity contribution in [2.75, 3.05) is 0 Å². The predicted octanol–water partition coefficient (Wildman–Crippen LogP) is 12.0. The molecular weight excluding hydrogens is 780 g/mol. The fourth-order valence-corrected chi connectivity index (χ4v) is 8.30. The predicted molar refractivity (Wildman–Crippen MR) is 194 cm³/mol. The molecule has 48 heavy (non-hydrogen) atoms. The summed E-state index contributed by atoms with van der Waals surface area (Å²) in [6, 6.07) is 13.3. The van der Waals surface area contributed by atoms with Crippen molar-refractivity contribution >= 4 is 115 Å². The summed E-state index contributed by atoms with van der Waals surface area (Å²) in [5.41, 5.74) is 4.06. The van der Waals surface area contributed by atoms with Crippen LogP contribution in [-0.4, -0.2) is 39.9 Å². The van der Waals surface area contributed by atoms with Gasteiger partial charge < -0.3 is 9.97 Å². The fraction of sp³-hybridized carbons (Fsp3) is 0. The van der Waals surface area contributed by atoms with Crippen LogP contribution in [0.2, 0.25) is 40.2 Å². The molecule has 5 heterocycles. The van der Waals surface area contributed by atoms with Gasteiger partial charge in [-0.1, -0.05) is 92.8 Å². The van der Waals surface area contributed by atoms with Crippen LogP contribution in [0.4, 0.5) is 0 Å². The van der Waals surface area contributed by atoms with Gasteiger partial charge in [-0.25, -0.2) is 29.9 Å². The minimum Gasteiger partial charge on any atom is -0.325 e. The summed E-state index contributed by atoms with van der Waals surface area (Å²) >= 11 is 53.0. The summed E-state index contributed by atoms with van der Waals surface area (Å²) < 4.78 is 0. The Morgan fingerprint density at radius 1 is 0.396 bits per heavy atom. The van der Waals surface area contributed by atoms with Gasteiger partial charge in [-0.2, -0.15) is 0 Å². The van der Waals surface area contributed by atoms with Crippen molar-refractivity contribution in [1.82, 2.24) is 39.9 Å². The number of halogens is 8. The molecule has 0 aliphatic carbocycles. The van der Waals surface area contributed by atoms with Crippen molar-refractivity contribution in [3.8, 4) is 68.3 Å². The number of hydrogen-bond donors (Lipinski definition) is 2. The maximum Gasteiger partial charge on any atom is 0.166 e. The lowest BCUT2D eigenvalue weighted by atomic mass is 10.1. The third kappa shape index (κ3) is 4.74. The second-order valence-electron chi connectivity index (χ2n) is 10.9. The van der Waals surface area contributed by atoms with Gasteiger partial charge in [-0.15, -0.1) is 0 Å². The van der Waals surface area contributed by atoms with Gasteiger partial charge >= 0.3 is 0 Å². The molecule has 0 spiro atoms. The Balaban J connectivity index is 1.51. The number of hydrogen-bond acceptors (Lipinski definition) is 6. The minimum absolute atomic E-state index is 0.231. The van der Waals surface area contributed by atoms with Crippen LogP contribution in [0.3, 0.4) is 0 Å². The van der Waals surface area contributed by atoms with Crippen LogP contribution >= 0.6 is 92.8 Å². The van der Waals surface area contributed by atoms with Gasteiger partial charge in [-0.3, -0.25) is 0 Å². The first kappa shape index (κ1) is 30.6. The maximum absolute atomic E-state index is 6.79. The van der Waals surface area contributed by atoms with Crippen molar-refractivity contribution in [2.24, 2.45) is 0 Å². The molecular formula is C32H10Cl8N8. The van der Waals surface area contributed by atoms with Crippen LogP contribution in [-0.2, 0) is 0 Å². The molecule has 16 heteroatoms. The Bertz CT molecular complexity index is 2690. The van der Waals surface area contributed by atoms with E-state index in [9.17, 15) is 0 Å². The topological polar surface area (TPSA) is 109 Å². The van der Waals surface area contributed by atoms with Crippen LogP contribution in [0.15, 0.2) is 48.5 Å². The first-order valence-corrected chi connectivity index (χ1v) is 16.8. The lowest BCUT2D eigenvalue weighted by Gasteiger charge is -2.04. The van der Waals surface area contributed by atoms with Gasteiger partial charge in [0, 0.05) is 64.2 Å². The molecule has 6 aromatic rings. The first-order chi connectivity index (χ1) is 23.0. The van der Waals surface area contributed by atoms with Crippen molar-refractivity contribution < 1.29 is 0 Å². The zero-order valence-corrected chi connectivity index (χ0v) is 29.4. The Labute approximate surface area is 309 Å². The van der Waals surface area contributed by atoms with E-state index in [0.29, 0.717) is 101 Å². The van der Waals surface area contributed by atoms with E-state index in [1.165, 1.54) is 0 Å². The molecule has 4 aromatic carbocycles. The molecule has 3 aliphatic heterocycles. The standard InChI is InChI=1S/C32H10Cl8N8/c33-9-1-13-21(17(37)5-9)29-41-25(13)45-30-22-14(2-10(34)6-18(22)38)27(42-30)47-32-24-16(4-12(36)8-20(24)40)28(44-32)48-31-23-15(26(43-31)46-29)3-11(35)7-19(23)39/h1-8H,(H2,41,42,43,44,45,46,47,48). The Morgan fingerprint density at radius 3 is 1.40 bits per heavy atom. The minimum atomic E-state index is 0.231. The van der Waals surface area contributed by atoms with Gasteiger partial charge in [0.25, 0.3) is 0 Å². The van der Waals surface area contributed by atoms with Crippen molar-refractivity contribution in [2.45, 2.75) is 0 Å². The Morgan fingerprint density at radius 2 is 0.833 bits per heavy atom. The smallest absolute Gasteiger partial charge is 0.166 e. The summed E-state index contributed by atoms with van der Waals surface area (Å²) in [4.78, 5) is 35.8. The van der Waals surface area contributed by atoms with Crippen molar-refractivity contribution in [1.29, 1.82) is 0 Å². The molecule has 2 N–H and O–H groups in total. The molecule has 0 amide bonds. The number of aromatic amines is 2. The van der Waals surface area contributed by atoms with Crippen molar-refractivity contribution in [3.05, 3.63) is 88.7 Å². The normalized spacial score (nSPS) is 12.2. The number of benzene rings is 4. The highest BCUT2D eigenvalue weighted by atomic mass is 35.5. The zero-order valence-electron chi connectivity index (χ0n) is 23.3. The summed E-state index contributed by atoms with van der Waals surface area (Å²) in [5.74, 6) is 1.63. The summed E-state index contributed by atoms with van der Waals surface area (Å²) in [5, 5.41) is 4.09. The number of H-pyrrole nitrogens is 2. The lowest BCUT2D eigenvalue weighted by molar-refractivity contribution is 1.15. The molecule has 3 aliphatic rings. The van der Waals surface area contributed by atoms with E-state index in [2.05, 4.69) is 9.97 Å².